The van der Waals surface area contributed by atoms with Crippen LogP contribution in [-0.2, 0) is 13.0 Å². The maximum Gasteiger partial charge on any atom is 0.0426 e. The van der Waals surface area contributed by atoms with Crippen LogP contribution in [0.2, 0.25) is 5.02 Å². The zero-order valence-corrected chi connectivity index (χ0v) is 12.4. The van der Waals surface area contributed by atoms with Crippen molar-refractivity contribution in [2.45, 2.75) is 26.3 Å². The van der Waals surface area contributed by atoms with Gasteiger partial charge in [0.15, 0.2) is 0 Å². The highest BCUT2D eigenvalue weighted by Crippen LogP contribution is 2.27. The number of halogens is 1. The molecule has 104 valence electrons. The second kappa shape index (κ2) is 5.76. The highest BCUT2D eigenvalue weighted by atomic mass is 35.5. The van der Waals surface area contributed by atoms with Crippen molar-refractivity contribution in [2.75, 3.05) is 17.2 Å². The Hall–Kier alpha value is -1.67. The first-order valence-electron chi connectivity index (χ1n) is 7.09. The standard InChI is InChI=1S/C17H19ClN2/c1-12-7-8-15(18)10-16(12)20-11-14-5-2-4-13-6-3-9-19-17(13)14/h2,4-5,7-8,10,19-20H,3,6,9,11H2,1H3. The third-order valence-electron chi connectivity index (χ3n) is 3.83. The lowest BCUT2D eigenvalue weighted by Crippen LogP contribution is -2.15. The van der Waals surface area contributed by atoms with Crippen molar-refractivity contribution >= 4 is 23.0 Å². The van der Waals surface area contributed by atoms with Gasteiger partial charge in [0.1, 0.15) is 0 Å². The van der Waals surface area contributed by atoms with Crippen LogP contribution in [0.15, 0.2) is 36.4 Å². The van der Waals surface area contributed by atoms with Crippen molar-refractivity contribution in [1.82, 2.24) is 0 Å². The predicted octanol–water partition coefficient (Wildman–Crippen LogP) is 4.62. The molecule has 2 aromatic carbocycles. The third kappa shape index (κ3) is 2.75. The summed E-state index contributed by atoms with van der Waals surface area (Å²) in [6.07, 6.45) is 2.39. The summed E-state index contributed by atoms with van der Waals surface area (Å²) < 4.78 is 0. The molecule has 0 atom stereocenters. The zero-order valence-electron chi connectivity index (χ0n) is 11.7. The summed E-state index contributed by atoms with van der Waals surface area (Å²) in [5.74, 6) is 0. The molecule has 0 radical (unpaired) electrons. The number of benzene rings is 2. The van der Waals surface area contributed by atoms with Gasteiger partial charge in [-0.3, -0.25) is 0 Å². The molecule has 2 N–H and O–H groups in total. The largest absolute Gasteiger partial charge is 0.385 e. The van der Waals surface area contributed by atoms with E-state index in [1.807, 2.05) is 18.2 Å². The second-order valence-corrected chi connectivity index (χ2v) is 5.73. The van der Waals surface area contributed by atoms with Gasteiger partial charge in [0.25, 0.3) is 0 Å². The summed E-state index contributed by atoms with van der Waals surface area (Å²) in [6.45, 7) is 3.98. The molecule has 3 heteroatoms. The summed E-state index contributed by atoms with van der Waals surface area (Å²) in [5.41, 5.74) is 6.38. The minimum atomic E-state index is 0.770. The van der Waals surface area contributed by atoms with Gasteiger partial charge in [0.2, 0.25) is 0 Å². The fourth-order valence-corrected chi connectivity index (χ4v) is 2.88. The molecule has 0 unspecified atom stereocenters. The van der Waals surface area contributed by atoms with Gasteiger partial charge in [-0.1, -0.05) is 35.9 Å². The Balaban J connectivity index is 1.80. The number of anilines is 2. The number of para-hydroxylation sites is 1. The lowest BCUT2D eigenvalue weighted by atomic mass is 9.99. The van der Waals surface area contributed by atoms with Gasteiger partial charge < -0.3 is 10.6 Å². The molecule has 0 saturated heterocycles. The van der Waals surface area contributed by atoms with Gasteiger partial charge in [0.05, 0.1) is 0 Å². The molecular weight excluding hydrogens is 268 g/mol. The molecule has 0 amide bonds. The first-order chi connectivity index (χ1) is 9.74. The molecule has 2 nitrogen and oxygen atoms in total. The third-order valence-corrected chi connectivity index (χ3v) is 4.07. The van der Waals surface area contributed by atoms with E-state index in [4.69, 9.17) is 11.6 Å². The van der Waals surface area contributed by atoms with E-state index in [1.54, 1.807) is 0 Å². The maximum atomic E-state index is 6.06. The molecule has 0 spiro atoms. The van der Waals surface area contributed by atoms with Crippen molar-refractivity contribution in [3.8, 4) is 0 Å². The molecule has 1 aliphatic rings. The zero-order chi connectivity index (χ0) is 13.9. The smallest absolute Gasteiger partial charge is 0.0426 e. The van der Waals surface area contributed by atoms with E-state index in [0.717, 1.165) is 23.8 Å². The van der Waals surface area contributed by atoms with Gasteiger partial charge in [-0.25, -0.2) is 0 Å². The minimum absolute atomic E-state index is 0.770. The van der Waals surface area contributed by atoms with Crippen LogP contribution in [0.4, 0.5) is 11.4 Å². The van der Waals surface area contributed by atoms with E-state index in [2.05, 4.69) is 35.8 Å². The molecule has 0 aromatic heterocycles. The van der Waals surface area contributed by atoms with Crippen LogP contribution in [0.25, 0.3) is 0 Å². The van der Waals surface area contributed by atoms with Crippen LogP contribution in [-0.4, -0.2) is 6.54 Å². The summed E-state index contributed by atoms with van der Waals surface area (Å²) in [6, 6.07) is 12.5. The van der Waals surface area contributed by atoms with Crippen molar-refractivity contribution in [3.05, 3.63) is 58.1 Å². The lowest BCUT2D eigenvalue weighted by Gasteiger charge is -2.22. The van der Waals surface area contributed by atoms with Crippen molar-refractivity contribution < 1.29 is 0 Å². The lowest BCUT2D eigenvalue weighted by molar-refractivity contribution is 0.825. The molecule has 2 aromatic rings. The molecule has 20 heavy (non-hydrogen) atoms. The first kappa shape index (κ1) is 13.3. The van der Waals surface area contributed by atoms with Crippen molar-refractivity contribution in [2.24, 2.45) is 0 Å². The van der Waals surface area contributed by atoms with Crippen LogP contribution in [0.1, 0.15) is 23.1 Å². The fourth-order valence-electron chi connectivity index (χ4n) is 2.70. The topological polar surface area (TPSA) is 24.1 Å². The van der Waals surface area contributed by atoms with E-state index < -0.39 is 0 Å². The van der Waals surface area contributed by atoms with E-state index in [0.29, 0.717) is 0 Å². The van der Waals surface area contributed by atoms with E-state index in [1.165, 1.54) is 35.2 Å². The Morgan fingerprint density at radius 1 is 1.25 bits per heavy atom. The van der Waals surface area contributed by atoms with Crippen LogP contribution >= 0.6 is 11.6 Å². The van der Waals surface area contributed by atoms with Crippen molar-refractivity contribution in [3.63, 3.8) is 0 Å². The monoisotopic (exact) mass is 286 g/mol. The average Bonchev–Trinajstić information content (AvgIpc) is 2.48. The van der Waals surface area contributed by atoms with Crippen LogP contribution in [0, 0.1) is 6.92 Å². The number of aryl methyl sites for hydroxylation is 2. The molecule has 1 aliphatic heterocycles. The highest BCUT2D eigenvalue weighted by molar-refractivity contribution is 6.30. The highest BCUT2D eigenvalue weighted by Gasteiger charge is 2.12. The number of fused-ring (bicyclic) bond motifs is 1. The summed E-state index contributed by atoms with van der Waals surface area (Å²) in [4.78, 5) is 0. The Morgan fingerprint density at radius 3 is 3.05 bits per heavy atom. The molecule has 0 bridgehead atoms. The van der Waals surface area contributed by atoms with Gasteiger partial charge >= 0.3 is 0 Å². The summed E-state index contributed by atoms with van der Waals surface area (Å²) in [7, 11) is 0. The Morgan fingerprint density at radius 2 is 2.15 bits per heavy atom. The fraction of sp³-hybridized carbons (Fsp3) is 0.294. The van der Waals surface area contributed by atoms with E-state index in [-0.39, 0.29) is 0 Å². The van der Waals surface area contributed by atoms with E-state index >= 15 is 0 Å². The van der Waals surface area contributed by atoms with Gasteiger partial charge in [-0.15, -0.1) is 0 Å². The van der Waals surface area contributed by atoms with Gasteiger partial charge in [0, 0.05) is 29.5 Å². The molecule has 0 aliphatic carbocycles. The summed E-state index contributed by atoms with van der Waals surface area (Å²) in [5, 5.41) is 7.79. The molecular formula is C17H19ClN2. The second-order valence-electron chi connectivity index (χ2n) is 5.29. The Labute approximate surface area is 125 Å². The minimum Gasteiger partial charge on any atom is -0.385 e. The molecule has 1 heterocycles. The predicted molar refractivity (Wildman–Crippen MR) is 86.8 cm³/mol. The van der Waals surface area contributed by atoms with Crippen LogP contribution in [0.5, 0.6) is 0 Å². The normalized spacial score (nSPS) is 13.5. The van der Waals surface area contributed by atoms with Gasteiger partial charge in [-0.2, -0.15) is 0 Å². The van der Waals surface area contributed by atoms with Crippen LogP contribution in [0.3, 0.4) is 0 Å². The quantitative estimate of drug-likeness (QED) is 0.860. The SMILES string of the molecule is Cc1ccc(Cl)cc1NCc1cccc2c1NCCC2. The number of rotatable bonds is 3. The number of hydrogen-bond acceptors (Lipinski definition) is 2. The van der Waals surface area contributed by atoms with Crippen LogP contribution < -0.4 is 10.6 Å². The summed E-state index contributed by atoms with van der Waals surface area (Å²) >= 11 is 6.06. The Kier molecular flexibility index (Phi) is 3.83. The Bertz CT molecular complexity index is 622. The first-order valence-corrected chi connectivity index (χ1v) is 7.46. The van der Waals surface area contributed by atoms with Crippen molar-refractivity contribution in [1.29, 1.82) is 0 Å². The van der Waals surface area contributed by atoms with E-state index in [9.17, 15) is 0 Å². The molecule has 0 saturated carbocycles. The molecule has 3 rings (SSSR count). The maximum absolute atomic E-state index is 6.06. The average molecular weight is 287 g/mol. The number of hydrogen-bond donors (Lipinski definition) is 2. The molecule has 0 fully saturated rings. The number of nitrogens with one attached hydrogen (secondary N) is 2. The van der Waals surface area contributed by atoms with Gasteiger partial charge in [-0.05, 0) is 48.6 Å².